The number of nitrogens with one attached hydrogen (secondary N) is 4. The number of anilines is 1. The number of nitriles is 1. The molecule has 4 N–H and O–H groups in total. The summed E-state index contributed by atoms with van der Waals surface area (Å²) in [6.45, 7) is 9.17. The molecular formula is C41H51ClN6O6. The highest BCUT2D eigenvalue weighted by molar-refractivity contribution is 6.42. The summed E-state index contributed by atoms with van der Waals surface area (Å²) < 4.78 is 0. The zero-order valence-corrected chi connectivity index (χ0v) is 32.5. The summed E-state index contributed by atoms with van der Waals surface area (Å²) in [5.74, 6) is -2.82. The minimum absolute atomic E-state index is 0.0202. The number of rotatable bonds is 12. The summed E-state index contributed by atoms with van der Waals surface area (Å²) >= 11 is 6.27. The van der Waals surface area contributed by atoms with E-state index in [9.17, 15) is 29.2 Å². The van der Waals surface area contributed by atoms with Crippen LogP contribution in [0.4, 0.5) is 5.69 Å². The first-order valence-electron chi connectivity index (χ1n) is 18.8. The molecule has 0 radical (unpaired) electrons. The Labute approximate surface area is 322 Å². The Bertz CT molecular complexity index is 1840. The fourth-order valence-corrected chi connectivity index (χ4v) is 7.70. The number of hydrogen-bond donors (Lipinski definition) is 4. The van der Waals surface area contributed by atoms with Crippen molar-refractivity contribution in [2.75, 3.05) is 11.9 Å². The van der Waals surface area contributed by atoms with E-state index in [-0.39, 0.29) is 36.9 Å². The average molecular weight is 759 g/mol. The topological polar surface area (TPSA) is 170 Å². The molecule has 0 aromatic heterocycles. The minimum Gasteiger partial charge on any atom is -0.344 e. The smallest absolute Gasteiger partial charge is 0.293 e. The quantitative estimate of drug-likeness (QED) is 0.199. The molecule has 288 valence electrons. The highest BCUT2D eigenvalue weighted by Gasteiger charge is 2.54. The van der Waals surface area contributed by atoms with E-state index >= 15 is 0 Å². The predicted octanol–water partition coefficient (Wildman–Crippen LogP) is 5.73. The molecular weight excluding hydrogens is 708 g/mol. The van der Waals surface area contributed by atoms with Crippen LogP contribution in [0.1, 0.15) is 102 Å². The number of halogens is 1. The van der Waals surface area contributed by atoms with E-state index < -0.39 is 52.6 Å². The van der Waals surface area contributed by atoms with Crippen LogP contribution in [0, 0.1) is 29.6 Å². The molecule has 1 saturated carbocycles. The minimum atomic E-state index is -1.19. The van der Waals surface area contributed by atoms with Gasteiger partial charge >= 0.3 is 0 Å². The lowest BCUT2D eigenvalue weighted by Gasteiger charge is -2.36. The maximum atomic E-state index is 14.7. The van der Waals surface area contributed by atoms with E-state index in [1.165, 1.54) is 11.0 Å². The zero-order valence-electron chi connectivity index (χ0n) is 31.7. The van der Waals surface area contributed by atoms with Crippen molar-refractivity contribution < 1.29 is 28.8 Å². The second-order valence-corrected chi connectivity index (χ2v) is 16.3. The van der Waals surface area contributed by atoms with Gasteiger partial charge in [0.15, 0.2) is 0 Å². The maximum Gasteiger partial charge on any atom is 0.293 e. The van der Waals surface area contributed by atoms with Crippen molar-refractivity contribution in [2.45, 2.75) is 116 Å². The largest absolute Gasteiger partial charge is 0.344 e. The Balaban J connectivity index is 1.41. The Morgan fingerprint density at radius 3 is 2.48 bits per heavy atom. The molecule has 2 aromatic rings. The molecule has 0 bridgehead atoms. The number of Topliss-reactive ketones (excluding diaryl/α,β-unsaturated/α-hetero) is 1. The van der Waals surface area contributed by atoms with Gasteiger partial charge in [-0.1, -0.05) is 83.2 Å². The third kappa shape index (κ3) is 9.68. The summed E-state index contributed by atoms with van der Waals surface area (Å²) in [5, 5.41) is 18.3. The van der Waals surface area contributed by atoms with Gasteiger partial charge in [-0.25, -0.2) is 0 Å². The van der Waals surface area contributed by atoms with Crippen LogP contribution in [0.5, 0.6) is 0 Å². The highest BCUT2D eigenvalue weighted by Crippen LogP contribution is 2.39. The Morgan fingerprint density at radius 1 is 1.07 bits per heavy atom. The van der Waals surface area contributed by atoms with Crippen LogP contribution in [-0.4, -0.2) is 64.6 Å². The van der Waals surface area contributed by atoms with Crippen molar-refractivity contribution in [1.82, 2.24) is 21.0 Å². The molecule has 2 aromatic carbocycles. The van der Waals surface area contributed by atoms with Crippen LogP contribution in [0.15, 0.2) is 48.5 Å². The van der Waals surface area contributed by atoms with Gasteiger partial charge in [-0.2, -0.15) is 5.26 Å². The van der Waals surface area contributed by atoms with Gasteiger partial charge < -0.3 is 20.9 Å². The number of hydroxylamine groups is 1. The molecule has 1 saturated heterocycles. The van der Waals surface area contributed by atoms with E-state index in [0.29, 0.717) is 29.1 Å². The molecule has 2 aliphatic heterocycles. The Hall–Kier alpha value is -4.73. The second-order valence-electron chi connectivity index (χ2n) is 15.9. The lowest BCUT2D eigenvalue weighted by atomic mass is 9.84. The fraction of sp³-hybridized carbons (Fsp3) is 0.512. The molecule has 4 amide bonds. The standard InChI is InChI=1S/C41H51ClN6O6/c1-6-11-31(35(50)38(52)44-30-17-16-25(2)28(20-30)23-43)45-37(51)33-22-41(21-32(47-54-41)27-14-10-15-29(42)19-27)24-48(33)39(53)36(40(3,4)5)46-34(49)18-26-12-8-7-9-13-26/h10,14-17,19-21,26,31,33,36,47H,6-9,11-13,18,22,24H2,1-5H3,(H,44,52)(H,45,51)(H,46,49)/t31-,33-,36+,41+/m0/s1. The first-order valence-corrected chi connectivity index (χ1v) is 19.2. The summed E-state index contributed by atoms with van der Waals surface area (Å²) in [7, 11) is 0. The fourth-order valence-electron chi connectivity index (χ4n) is 7.51. The number of benzene rings is 2. The lowest BCUT2D eigenvalue weighted by molar-refractivity contribution is -0.145. The van der Waals surface area contributed by atoms with E-state index in [2.05, 4.69) is 27.5 Å². The van der Waals surface area contributed by atoms with Crippen molar-refractivity contribution in [1.29, 1.82) is 5.26 Å². The number of aryl methyl sites for hydroxylation is 1. The first kappa shape index (κ1) is 40.5. The van der Waals surface area contributed by atoms with Crippen LogP contribution in [-0.2, 0) is 28.8 Å². The van der Waals surface area contributed by atoms with Crippen LogP contribution in [0.25, 0.3) is 5.70 Å². The number of ketones is 1. The van der Waals surface area contributed by atoms with Gasteiger partial charge in [0.25, 0.3) is 5.91 Å². The average Bonchev–Trinajstić information content (AvgIpc) is 3.74. The lowest BCUT2D eigenvalue weighted by Crippen LogP contribution is -2.59. The summed E-state index contributed by atoms with van der Waals surface area (Å²) in [6.07, 6.45) is 8.13. The van der Waals surface area contributed by atoms with Crippen molar-refractivity contribution in [3.05, 3.63) is 70.3 Å². The highest BCUT2D eigenvalue weighted by atomic mass is 35.5. The molecule has 4 atom stereocenters. The summed E-state index contributed by atoms with van der Waals surface area (Å²) in [4.78, 5) is 76.7. The summed E-state index contributed by atoms with van der Waals surface area (Å²) in [5.41, 5.74) is 3.83. The van der Waals surface area contributed by atoms with Crippen molar-refractivity contribution >= 4 is 52.4 Å². The number of amides is 4. The van der Waals surface area contributed by atoms with E-state index in [1.54, 1.807) is 37.3 Å². The molecule has 5 rings (SSSR count). The molecule has 0 unspecified atom stereocenters. The molecule has 1 spiro atoms. The Morgan fingerprint density at radius 2 is 1.81 bits per heavy atom. The number of hydrogen-bond acceptors (Lipinski definition) is 8. The van der Waals surface area contributed by atoms with Gasteiger partial charge in [0, 0.05) is 29.1 Å². The van der Waals surface area contributed by atoms with E-state index in [1.807, 2.05) is 39.8 Å². The first-order chi connectivity index (χ1) is 25.6. The monoisotopic (exact) mass is 758 g/mol. The van der Waals surface area contributed by atoms with Crippen molar-refractivity contribution in [3.63, 3.8) is 0 Å². The molecule has 2 fully saturated rings. The van der Waals surface area contributed by atoms with E-state index in [0.717, 1.165) is 43.2 Å². The van der Waals surface area contributed by atoms with Gasteiger partial charge in [0.05, 0.1) is 29.9 Å². The Kier molecular flexibility index (Phi) is 12.9. The number of likely N-dealkylation sites (tertiary alicyclic amines) is 1. The number of carbonyl (C=O) groups is 5. The number of carbonyl (C=O) groups excluding carboxylic acids is 5. The van der Waals surface area contributed by atoms with Gasteiger partial charge in [-0.05, 0) is 73.4 Å². The normalized spacial score (nSPS) is 21.0. The van der Waals surface area contributed by atoms with Crippen LogP contribution >= 0.6 is 11.6 Å². The van der Waals surface area contributed by atoms with Crippen LogP contribution in [0.2, 0.25) is 5.02 Å². The van der Waals surface area contributed by atoms with E-state index in [4.69, 9.17) is 16.4 Å². The third-order valence-electron chi connectivity index (χ3n) is 10.5. The second kappa shape index (κ2) is 17.2. The third-order valence-corrected chi connectivity index (χ3v) is 10.7. The molecule has 2 heterocycles. The summed E-state index contributed by atoms with van der Waals surface area (Å²) in [6, 6.07) is 10.7. The van der Waals surface area contributed by atoms with Gasteiger partial charge in [-0.15, -0.1) is 0 Å². The van der Waals surface area contributed by atoms with Gasteiger partial charge in [0.1, 0.15) is 17.7 Å². The van der Waals surface area contributed by atoms with Crippen molar-refractivity contribution in [2.24, 2.45) is 11.3 Å². The number of nitrogens with zero attached hydrogens (tertiary/aromatic N) is 2. The molecule has 3 aliphatic rings. The van der Waals surface area contributed by atoms with Gasteiger partial charge in [0.2, 0.25) is 23.5 Å². The zero-order chi connectivity index (χ0) is 39.2. The van der Waals surface area contributed by atoms with Crippen LogP contribution < -0.4 is 21.4 Å². The predicted molar refractivity (Wildman–Crippen MR) is 205 cm³/mol. The maximum absolute atomic E-state index is 14.7. The molecule has 54 heavy (non-hydrogen) atoms. The molecule has 12 nitrogen and oxygen atoms in total. The van der Waals surface area contributed by atoms with Crippen LogP contribution in [0.3, 0.4) is 0 Å². The SMILES string of the molecule is CCC[C@H](NC(=O)[C@@H]1C[C@]2(C=C(c3cccc(Cl)c3)NO2)CN1C(=O)[C@@H](NC(=O)CC1CCCCC1)C(C)(C)C)C(=O)C(=O)Nc1ccc(C)c(C#N)c1. The molecule has 13 heteroatoms. The van der Waals surface area contributed by atoms with Crippen molar-refractivity contribution in [3.8, 4) is 6.07 Å². The molecule has 1 aliphatic carbocycles. The van der Waals surface area contributed by atoms with Gasteiger partial charge in [-0.3, -0.25) is 34.3 Å².